The molecular formula is C11H17BrN2. The number of halogens is 1. The fraction of sp³-hybridized carbons (Fsp3) is 0.545. The van der Waals surface area contributed by atoms with Crippen LogP contribution in [0.1, 0.15) is 32.4 Å². The molecule has 0 aliphatic carbocycles. The van der Waals surface area contributed by atoms with Crippen LogP contribution in [0.3, 0.4) is 0 Å². The van der Waals surface area contributed by atoms with E-state index >= 15 is 0 Å². The quantitative estimate of drug-likeness (QED) is 0.888. The van der Waals surface area contributed by atoms with Gasteiger partial charge in [-0.05, 0) is 47.8 Å². The van der Waals surface area contributed by atoms with Gasteiger partial charge in [-0.1, -0.05) is 13.8 Å². The van der Waals surface area contributed by atoms with Crippen molar-refractivity contribution in [1.29, 1.82) is 0 Å². The molecule has 0 aliphatic heterocycles. The van der Waals surface area contributed by atoms with Gasteiger partial charge in [0.05, 0.1) is 5.69 Å². The van der Waals surface area contributed by atoms with Crippen LogP contribution in [0.5, 0.6) is 0 Å². The second-order valence-corrected chi connectivity index (χ2v) is 4.28. The van der Waals surface area contributed by atoms with Gasteiger partial charge in [0.25, 0.3) is 0 Å². The predicted molar refractivity (Wildman–Crippen MR) is 64.7 cm³/mol. The molecule has 0 aliphatic rings. The Kier molecular flexibility index (Phi) is 4.39. The largest absolute Gasteiger partial charge is 0.367 e. The van der Waals surface area contributed by atoms with E-state index in [-0.39, 0.29) is 0 Å². The molecule has 0 fully saturated rings. The molecule has 0 atom stereocenters. The molecule has 78 valence electrons. The van der Waals surface area contributed by atoms with Crippen molar-refractivity contribution in [2.24, 2.45) is 0 Å². The number of anilines is 1. The summed E-state index contributed by atoms with van der Waals surface area (Å²) in [6.45, 7) is 6.38. The first-order valence-electron chi connectivity index (χ1n) is 5.07. The van der Waals surface area contributed by atoms with Crippen LogP contribution in [0.15, 0.2) is 16.6 Å². The highest BCUT2D eigenvalue weighted by atomic mass is 79.9. The molecule has 0 bridgehead atoms. The average Bonchev–Trinajstić information content (AvgIpc) is 2.19. The van der Waals surface area contributed by atoms with Gasteiger partial charge >= 0.3 is 0 Å². The Labute approximate surface area is 94.3 Å². The Morgan fingerprint density at radius 2 is 2.00 bits per heavy atom. The smallest absolute Gasteiger partial charge is 0.126 e. The Balaban J connectivity index is 2.72. The lowest BCUT2D eigenvalue weighted by Crippen LogP contribution is -2.17. The Bertz CT molecular complexity index is 295. The molecule has 0 spiro atoms. The fourth-order valence-electron chi connectivity index (χ4n) is 1.33. The maximum Gasteiger partial charge on any atom is 0.126 e. The molecule has 1 aromatic rings. The Morgan fingerprint density at radius 1 is 1.36 bits per heavy atom. The number of pyridine rings is 1. The number of aromatic nitrogens is 1. The molecule has 14 heavy (non-hydrogen) atoms. The minimum atomic E-state index is 0.531. The normalized spacial score (nSPS) is 10.6. The predicted octanol–water partition coefficient (Wildman–Crippen LogP) is 3.75. The minimum Gasteiger partial charge on any atom is -0.367 e. The van der Waals surface area contributed by atoms with Gasteiger partial charge in [-0.15, -0.1) is 0 Å². The average molecular weight is 257 g/mol. The number of rotatable bonds is 4. The van der Waals surface area contributed by atoms with Crippen molar-refractivity contribution >= 4 is 21.7 Å². The van der Waals surface area contributed by atoms with Gasteiger partial charge in [0, 0.05) is 10.5 Å². The van der Waals surface area contributed by atoms with Crippen LogP contribution >= 0.6 is 15.9 Å². The van der Waals surface area contributed by atoms with Crippen LogP contribution in [-0.4, -0.2) is 11.0 Å². The van der Waals surface area contributed by atoms with Crippen molar-refractivity contribution in [1.82, 2.24) is 4.98 Å². The molecule has 3 heteroatoms. The molecule has 0 radical (unpaired) electrons. The molecule has 1 N–H and O–H groups in total. The lowest BCUT2D eigenvalue weighted by Gasteiger charge is -2.15. The first kappa shape index (κ1) is 11.5. The van der Waals surface area contributed by atoms with Crippen LogP contribution in [0.25, 0.3) is 0 Å². The SMILES string of the molecule is CCC(CC)Nc1ccc(Br)c(C)n1. The van der Waals surface area contributed by atoms with Crippen LogP contribution < -0.4 is 5.32 Å². The topological polar surface area (TPSA) is 24.9 Å². The lowest BCUT2D eigenvalue weighted by molar-refractivity contribution is 0.668. The summed E-state index contributed by atoms with van der Waals surface area (Å²) in [5, 5.41) is 3.41. The third kappa shape index (κ3) is 2.98. The summed E-state index contributed by atoms with van der Waals surface area (Å²) in [6, 6.07) is 4.57. The summed E-state index contributed by atoms with van der Waals surface area (Å²) in [5.74, 6) is 0.972. The Morgan fingerprint density at radius 3 is 2.50 bits per heavy atom. The van der Waals surface area contributed by atoms with Crippen molar-refractivity contribution in [2.75, 3.05) is 5.32 Å². The van der Waals surface area contributed by atoms with E-state index in [0.717, 1.165) is 28.8 Å². The third-order valence-corrected chi connectivity index (χ3v) is 3.20. The highest BCUT2D eigenvalue weighted by molar-refractivity contribution is 9.10. The van der Waals surface area contributed by atoms with E-state index in [4.69, 9.17) is 0 Å². The number of aryl methyl sites for hydroxylation is 1. The fourth-order valence-corrected chi connectivity index (χ4v) is 1.55. The van der Waals surface area contributed by atoms with Crippen molar-refractivity contribution in [3.63, 3.8) is 0 Å². The zero-order valence-corrected chi connectivity index (χ0v) is 10.6. The van der Waals surface area contributed by atoms with Crippen LogP contribution in [0, 0.1) is 6.92 Å². The number of nitrogens with zero attached hydrogens (tertiary/aromatic N) is 1. The highest BCUT2D eigenvalue weighted by Crippen LogP contribution is 2.17. The van der Waals surface area contributed by atoms with Crippen molar-refractivity contribution in [2.45, 2.75) is 39.7 Å². The van der Waals surface area contributed by atoms with Crippen LogP contribution in [0.2, 0.25) is 0 Å². The van der Waals surface area contributed by atoms with E-state index in [9.17, 15) is 0 Å². The molecule has 2 nitrogen and oxygen atoms in total. The monoisotopic (exact) mass is 256 g/mol. The number of nitrogens with one attached hydrogen (secondary N) is 1. The standard InChI is InChI=1S/C11H17BrN2/c1-4-9(5-2)14-11-7-6-10(12)8(3)13-11/h6-7,9H,4-5H2,1-3H3,(H,13,14). The highest BCUT2D eigenvalue weighted by Gasteiger charge is 2.04. The molecule has 0 saturated carbocycles. The zero-order valence-electron chi connectivity index (χ0n) is 8.97. The van der Waals surface area contributed by atoms with Gasteiger partial charge in [0.15, 0.2) is 0 Å². The number of hydrogen-bond donors (Lipinski definition) is 1. The molecule has 1 heterocycles. The third-order valence-electron chi connectivity index (χ3n) is 2.36. The first-order valence-corrected chi connectivity index (χ1v) is 5.86. The van der Waals surface area contributed by atoms with E-state index in [1.165, 1.54) is 0 Å². The van der Waals surface area contributed by atoms with E-state index in [1.54, 1.807) is 0 Å². The van der Waals surface area contributed by atoms with Gasteiger partial charge < -0.3 is 5.32 Å². The lowest BCUT2D eigenvalue weighted by atomic mass is 10.2. The summed E-state index contributed by atoms with van der Waals surface area (Å²) in [4.78, 5) is 4.45. The molecule has 1 rings (SSSR count). The first-order chi connectivity index (χ1) is 6.67. The van der Waals surface area contributed by atoms with Crippen LogP contribution in [-0.2, 0) is 0 Å². The van der Waals surface area contributed by atoms with Crippen molar-refractivity contribution in [3.05, 3.63) is 22.3 Å². The van der Waals surface area contributed by atoms with E-state index in [0.29, 0.717) is 6.04 Å². The second-order valence-electron chi connectivity index (χ2n) is 3.42. The second kappa shape index (κ2) is 5.35. The summed E-state index contributed by atoms with van der Waals surface area (Å²) in [7, 11) is 0. The molecular weight excluding hydrogens is 240 g/mol. The van der Waals surface area contributed by atoms with E-state index in [2.05, 4.69) is 40.1 Å². The molecule has 0 amide bonds. The van der Waals surface area contributed by atoms with Crippen LogP contribution in [0.4, 0.5) is 5.82 Å². The molecule has 1 aromatic heterocycles. The van der Waals surface area contributed by atoms with Gasteiger partial charge in [-0.25, -0.2) is 4.98 Å². The minimum absolute atomic E-state index is 0.531. The summed E-state index contributed by atoms with van der Waals surface area (Å²) < 4.78 is 1.06. The summed E-state index contributed by atoms with van der Waals surface area (Å²) in [6.07, 6.45) is 2.26. The molecule has 0 aromatic carbocycles. The van der Waals surface area contributed by atoms with Gasteiger partial charge in [-0.2, -0.15) is 0 Å². The zero-order chi connectivity index (χ0) is 10.6. The number of hydrogen-bond acceptors (Lipinski definition) is 2. The maximum atomic E-state index is 4.45. The summed E-state index contributed by atoms with van der Waals surface area (Å²) in [5.41, 5.74) is 1.03. The van der Waals surface area contributed by atoms with Crippen molar-refractivity contribution in [3.8, 4) is 0 Å². The Hall–Kier alpha value is -0.570. The van der Waals surface area contributed by atoms with Crippen molar-refractivity contribution < 1.29 is 0 Å². The summed E-state index contributed by atoms with van der Waals surface area (Å²) >= 11 is 3.44. The van der Waals surface area contributed by atoms with E-state index in [1.807, 2.05) is 19.1 Å². The van der Waals surface area contributed by atoms with Gasteiger partial charge in [-0.3, -0.25) is 0 Å². The molecule has 0 saturated heterocycles. The maximum absolute atomic E-state index is 4.45. The van der Waals surface area contributed by atoms with Gasteiger partial charge in [0.1, 0.15) is 5.82 Å². The van der Waals surface area contributed by atoms with Gasteiger partial charge in [0.2, 0.25) is 0 Å². The molecule has 0 unspecified atom stereocenters. The van der Waals surface area contributed by atoms with E-state index < -0.39 is 0 Å².